The molecule has 0 heterocycles. The molecule has 0 unspecified atom stereocenters. The van der Waals surface area contributed by atoms with Gasteiger partial charge in [0.2, 0.25) is 11.8 Å². The summed E-state index contributed by atoms with van der Waals surface area (Å²) in [6, 6.07) is 12.1. The highest BCUT2D eigenvalue weighted by molar-refractivity contribution is 6.36. The van der Waals surface area contributed by atoms with Gasteiger partial charge < -0.3 is 15.0 Å². The SMILES string of the molecule is CCOc1ccccc1NC(=O)CCN(C(C)=O)c1ccc(Cl)cc1Cl. The number of hydrogen-bond donors (Lipinski definition) is 1. The summed E-state index contributed by atoms with van der Waals surface area (Å²) < 4.78 is 5.49. The van der Waals surface area contributed by atoms with E-state index in [1.165, 1.54) is 11.8 Å². The van der Waals surface area contributed by atoms with Crippen LogP contribution in [0.1, 0.15) is 20.3 Å². The topological polar surface area (TPSA) is 58.6 Å². The van der Waals surface area contributed by atoms with Crippen LogP contribution in [-0.2, 0) is 9.59 Å². The van der Waals surface area contributed by atoms with Gasteiger partial charge >= 0.3 is 0 Å². The second-order valence-electron chi connectivity index (χ2n) is 5.49. The van der Waals surface area contributed by atoms with Gasteiger partial charge in [0.25, 0.3) is 0 Å². The molecule has 1 N–H and O–H groups in total. The number of carbonyl (C=O) groups is 2. The van der Waals surface area contributed by atoms with Gasteiger partial charge in [-0.05, 0) is 37.3 Å². The summed E-state index contributed by atoms with van der Waals surface area (Å²) in [5.41, 5.74) is 1.12. The lowest BCUT2D eigenvalue weighted by atomic mass is 10.2. The molecule has 0 saturated carbocycles. The second kappa shape index (κ2) is 9.46. The molecule has 0 radical (unpaired) electrons. The van der Waals surface area contributed by atoms with Gasteiger partial charge in [0, 0.05) is 24.9 Å². The van der Waals surface area contributed by atoms with Crippen LogP contribution in [0.25, 0.3) is 0 Å². The van der Waals surface area contributed by atoms with E-state index >= 15 is 0 Å². The largest absolute Gasteiger partial charge is 0.492 e. The van der Waals surface area contributed by atoms with Gasteiger partial charge in [-0.3, -0.25) is 9.59 Å². The lowest BCUT2D eigenvalue weighted by molar-refractivity contribution is -0.117. The Morgan fingerprint density at radius 1 is 1.15 bits per heavy atom. The van der Waals surface area contributed by atoms with Gasteiger partial charge in [-0.2, -0.15) is 0 Å². The predicted octanol–water partition coefficient (Wildman–Crippen LogP) is 4.77. The number of nitrogens with zero attached hydrogens (tertiary/aromatic N) is 1. The molecule has 0 aromatic heterocycles. The Bertz CT molecular complexity index is 796. The van der Waals surface area contributed by atoms with Crippen LogP contribution in [0.4, 0.5) is 11.4 Å². The van der Waals surface area contributed by atoms with Crippen LogP contribution in [-0.4, -0.2) is 25.0 Å². The molecule has 2 aromatic carbocycles. The first-order valence-electron chi connectivity index (χ1n) is 8.17. The fraction of sp³-hybridized carbons (Fsp3) is 0.263. The van der Waals surface area contributed by atoms with Crippen molar-refractivity contribution in [2.45, 2.75) is 20.3 Å². The number of para-hydroxylation sites is 2. The lowest BCUT2D eigenvalue weighted by Crippen LogP contribution is -2.32. The van der Waals surface area contributed by atoms with E-state index in [4.69, 9.17) is 27.9 Å². The number of carbonyl (C=O) groups excluding carboxylic acids is 2. The molecular weight excluding hydrogens is 375 g/mol. The maximum atomic E-state index is 12.3. The highest BCUT2D eigenvalue weighted by atomic mass is 35.5. The smallest absolute Gasteiger partial charge is 0.226 e. The summed E-state index contributed by atoms with van der Waals surface area (Å²) >= 11 is 12.1. The first kappa shape index (κ1) is 20.1. The maximum absolute atomic E-state index is 12.3. The molecule has 0 fully saturated rings. The summed E-state index contributed by atoms with van der Waals surface area (Å²) in [6.07, 6.45) is 0.110. The molecule has 0 aliphatic heterocycles. The molecule has 5 nitrogen and oxygen atoms in total. The van der Waals surface area contributed by atoms with E-state index in [9.17, 15) is 9.59 Å². The number of halogens is 2. The van der Waals surface area contributed by atoms with Crippen molar-refractivity contribution in [2.24, 2.45) is 0 Å². The third kappa shape index (κ3) is 5.38. The fourth-order valence-corrected chi connectivity index (χ4v) is 2.94. The molecule has 0 aliphatic carbocycles. The summed E-state index contributed by atoms with van der Waals surface area (Å²) in [7, 11) is 0. The fourth-order valence-electron chi connectivity index (χ4n) is 2.43. The van der Waals surface area contributed by atoms with Crippen molar-refractivity contribution >= 4 is 46.4 Å². The quantitative estimate of drug-likeness (QED) is 0.735. The first-order chi connectivity index (χ1) is 12.4. The molecular formula is C19H20Cl2N2O3. The van der Waals surface area contributed by atoms with E-state index < -0.39 is 0 Å². The van der Waals surface area contributed by atoms with Crippen molar-refractivity contribution in [1.29, 1.82) is 0 Å². The highest BCUT2D eigenvalue weighted by Crippen LogP contribution is 2.29. The standard InChI is InChI=1S/C19H20Cl2N2O3/c1-3-26-18-7-5-4-6-16(18)22-19(25)10-11-23(13(2)24)17-9-8-14(20)12-15(17)21/h4-9,12H,3,10-11H2,1-2H3,(H,22,25). The second-order valence-corrected chi connectivity index (χ2v) is 6.34. The van der Waals surface area contributed by atoms with Gasteiger partial charge in [-0.15, -0.1) is 0 Å². The molecule has 2 aromatic rings. The van der Waals surface area contributed by atoms with E-state index in [-0.39, 0.29) is 24.8 Å². The summed E-state index contributed by atoms with van der Waals surface area (Å²) in [4.78, 5) is 25.7. The zero-order valence-electron chi connectivity index (χ0n) is 14.6. The molecule has 0 saturated heterocycles. The number of rotatable bonds is 7. The zero-order valence-corrected chi connectivity index (χ0v) is 16.1. The van der Waals surface area contributed by atoms with E-state index in [2.05, 4.69) is 5.32 Å². The summed E-state index contributed by atoms with van der Waals surface area (Å²) in [5.74, 6) is 0.165. The summed E-state index contributed by atoms with van der Waals surface area (Å²) in [5, 5.41) is 3.64. The Labute approximate surface area is 162 Å². The molecule has 138 valence electrons. The van der Waals surface area contributed by atoms with Gasteiger partial charge in [0.1, 0.15) is 5.75 Å². The third-order valence-corrected chi connectivity index (χ3v) is 4.14. The van der Waals surface area contributed by atoms with E-state index in [1.54, 1.807) is 30.3 Å². The van der Waals surface area contributed by atoms with Crippen LogP contribution in [0.15, 0.2) is 42.5 Å². The Morgan fingerprint density at radius 2 is 1.88 bits per heavy atom. The molecule has 0 atom stereocenters. The van der Waals surface area contributed by atoms with Crippen molar-refractivity contribution in [3.8, 4) is 5.75 Å². The van der Waals surface area contributed by atoms with Crippen LogP contribution in [0, 0.1) is 0 Å². The molecule has 2 amide bonds. The Morgan fingerprint density at radius 3 is 2.54 bits per heavy atom. The lowest BCUT2D eigenvalue weighted by Gasteiger charge is -2.22. The van der Waals surface area contributed by atoms with Crippen molar-refractivity contribution < 1.29 is 14.3 Å². The van der Waals surface area contributed by atoms with Crippen LogP contribution in [0.2, 0.25) is 10.0 Å². The first-order valence-corrected chi connectivity index (χ1v) is 8.92. The third-order valence-electron chi connectivity index (χ3n) is 3.60. The molecule has 0 bridgehead atoms. The minimum absolute atomic E-state index is 0.110. The number of anilines is 2. The van der Waals surface area contributed by atoms with Gasteiger partial charge in [0.05, 0.1) is 23.0 Å². The monoisotopic (exact) mass is 394 g/mol. The average molecular weight is 395 g/mol. The number of benzene rings is 2. The molecule has 0 spiro atoms. The molecule has 2 rings (SSSR count). The molecule has 26 heavy (non-hydrogen) atoms. The Balaban J connectivity index is 2.05. The van der Waals surface area contributed by atoms with Gasteiger partial charge in [-0.1, -0.05) is 35.3 Å². The van der Waals surface area contributed by atoms with Crippen LogP contribution < -0.4 is 15.0 Å². The van der Waals surface area contributed by atoms with Crippen molar-refractivity contribution in [3.05, 3.63) is 52.5 Å². The number of hydrogen-bond acceptors (Lipinski definition) is 3. The molecule has 7 heteroatoms. The predicted molar refractivity (Wildman–Crippen MR) is 105 cm³/mol. The Hall–Kier alpha value is -2.24. The number of amides is 2. The Kier molecular flexibility index (Phi) is 7.30. The number of ether oxygens (including phenoxy) is 1. The van der Waals surface area contributed by atoms with Crippen molar-refractivity contribution in [1.82, 2.24) is 0 Å². The van der Waals surface area contributed by atoms with Crippen molar-refractivity contribution in [2.75, 3.05) is 23.4 Å². The number of nitrogens with one attached hydrogen (secondary N) is 1. The molecule has 0 aliphatic rings. The summed E-state index contributed by atoms with van der Waals surface area (Å²) in [6.45, 7) is 3.99. The van der Waals surface area contributed by atoms with Crippen molar-refractivity contribution in [3.63, 3.8) is 0 Å². The normalized spacial score (nSPS) is 10.3. The zero-order chi connectivity index (χ0) is 19.1. The van der Waals surface area contributed by atoms with Crippen LogP contribution in [0.3, 0.4) is 0 Å². The van der Waals surface area contributed by atoms with Gasteiger partial charge in [0.15, 0.2) is 0 Å². The minimum Gasteiger partial charge on any atom is -0.492 e. The highest BCUT2D eigenvalue weighted by Gasteiger charge is 2.17. The van der Waals surface area contributed by atoms with E-state index in [1.807, 2.05) is 19.1 Å². The van der Waals surface area contributed by atoms with E-state index in [0.29, 0.717) is 33.8 Å². The van der Waals surface area contributed by atoms with Crippen LogP contribution >= 0.6 is 23.2 Å². The maximum Gasteiger partial charge on any atom is 0.226 e. The van der Waals surface area contributed by atoms with Crippen LogP contribution in [0.5, 0.6) is 5.75 Å². The average Bonchev–Trinajstić information content (AvgIpc) is 2.58. The minimum atomic E-state index is -0.228. The van der Waals surface area contributed by atoms with Gasteiger partial charge in [-0.25, -0.2) is 0 Å². The van der Waals surface area contributed by atoms with E-state index in [0.717, 1.165) is 0 Å².